The van der Waals surface area contributed by atoms with Crippen LogP contribution in [-0.4, -0.2) is 75.9 Å². The van der Waals surface area contributed by atoms with Crippen LogP contribution in [0.3, 0.4) is 0 Å². The Labute approximate surface area is 235 Å². The van der Waals surface area contributed by atoms with Crippen LogP contribution in [0.5, 0.6) is 0 Å². The monoisotopic (exact) mass is 537 g/mol. The highest BCUT2D eigenvalue weighted by Crippen LogP contribution is 2.50. The molecule has 1 N–H and O–H groups in total. The number of benzene rings is 3. The number of hydrogen-bond donors (Lipinski definition) is 1. The lowest BCUT2D eigenvalue weighted by Crippen LogP contribution is -2.63. The summed E-state index contributed by atoms with van der Waals surface area (Å²) in [4.78, 5) is 44.7. The number of nitrogens with zero attached hydrogens (tertiary/aromatic N) is 3. The highest BCUT2D eigenvalue weighted by Gasteiger charge is 2.62. The Kier molecular flexibility index (Phi) is 6.50. The largest absolute Gasteiger partial charge is 0.480 e. The molecule has 0 aliphatic carbocycles. The molecule has 40 heavy (non-hydrogen) atoms. The Morgan fingerprint density at radius 3 is 1.75 bits per heavy atom. The van der Waals surface area contributed by atoms with E-state index in [0.717, 1.165) is 16.7 Å². The Bertz CT molecular complexity index is 1310. The van der Waals surface area contributed by atoms with Gasteiger partial charge in [0.15, 0.2) is 0 Å². The minimum atomic E-state index is -0.972. The van der Waals surface area contributed by atoms with Crippen LogP contribution >= 0.6 is 0 Å². The number of hydrogen-bond acceptors (Lipinski definition) is 4. The van der Waals surface area contributed by atoms with Crippen molar-refractivity contribution in [2.45, 2.75) is 37.9 Å². The predicted molar refractivity (Wildman–Crippen MR) is 151 cm³/mol. The van der Waals surface area contributed by atoms with E-state index in [1.165, 1.54) is 4.90 Å². The third-order valence-corrected chi connectivity index (χ3v) is 8.97. The van der Waals surface area contributed by atoms with E-state index in [1.54, 1.807) is 4.90 Å². The summed E-state index contributed by atoms with van der Waals surface area (Å²) in [5.41, 5.74) is 1.99. The minimum absolute atomic E-state index is 0.0303. The molecule has 7 heteroatoms. The highest BCUT2D eigenvalue weighted by molar-refractivity contribution is 5.94. The fourth-order valence-corrected chi connectivity index (χ4v) is 6.99. The first-order valence-corrected chi connectivity index (χ1v) is 14.1. The number of aliphatic carboxylic acids is 1. The number of rotatable bonds is 8. The Balaban J connectivity index is 1.27. The highest BCUT2D eigenvalue weighted by atomic mass is 16.4. The zero-order valence-corrected chi connectivity index (χ0v) is 22.9. The van der Waals surface area contributed by atoms with Gasteiger partial charge in [0.05, 0.1) is 11.0 Å². The normalized spacial score (nSPS) is 22.3. The van der Waals surface area contributed by atoms with Crippen molar-refractivity contribution in [1.29, 1.82) is 0 Å². The lowest BCUT2D eigenvalue weighted by atomic mass is 9.76. The number of likely N-dealkylation sites (tertiary alicyclic amines) is 2. The van der Waals surface area contributed by atoms with Crippen LogP contribution in [0.25, 0.3) is 0 Å². The van der Waals surface area contributed by atoms with E-state index in [-0.39, 0.29) is 23.8 Å². The Hall–Kier alpha value is -3.97. The smallest absolute Gasteiger partial charge is 0.326 e. The number of carbonyl (C=O) groups excluding carboxylic acids is 2. The van der Waals surface area contributed by atoms with E-state index < -0.39 is 23.0 Å². The van der Waals surface area contributed by atoms with Crippen molar-refractivity contribution >= 4 is 17.8 Å². The zero-order chi connectivity index (χ0) is 28.1. The van der Waals surface area contributed by atoms with Crippen LogP contribution < -0.4 is 0 Å². The van der Waals surface area contributed by atoms with Crippen LogP contribution in [-0.2, 0) is 19.9 Å². The summed E-state index contributed by atoms with van der Waals surface area (Å²) in [6.45, 7) is 5.39. The molecule has 3 aliphatic rings. The van der Waals surface area contributed by atoms with Crippen molar-refractivity contribution in [3.05, 3.63) is 108 Å². The molecule has 0 bridgehead atoms. The maximum absolute atomic E-state index is 13.9. The molecule has 2 unspecified atom stereocenters. The minimum Gasteiger partial charge on any atom is -0.480 e. The summed E-state index contributed by atoms with van der Waals surface area (Å²) < 4.78 is 0. The van der Waals surface area contributed by atoms with E-state index in [4.69, 9.17) is 0 Å². The molecule has 7 nitrogen and oxygen atoms in total. The van der Waals surface area contributed by atoms with Gasteiger partial charge in [-0.05, 0) is 29.0 Å². The topological polar surface area (TPSA) is 80.9 Å². The first-order chi connectivity index (χ1) is 19.3. The third-order valence-electron chi connectivity index (χ3n) is 8.97. The predicted octanol–water partition coefficient (Wildman–Crippen LogP) is 3.83. The number of amides is 2. The van der Waals surface area contributed by atoms with Crippen LogP contribution in [0.15, 0.2) is 91.0 Å². The van der Waals surface area contributed by atoms with E-state index in [0.29, 0.717) is 32.6 Å². The zero-order valence-electron chi connectivity index (χ0n) is 22.9. The van der Waals surface area contributed by atoms with Crippen molar-refractivity contribution in [3.8, 4) is 0 Å². The standard InChI is InChI=1S/C33H35N3O4/c1-23(2)28(30(38)39)35-19-18-32(31(35)40)21-34(22-32)29(37)27-20-36(27)33(24-12-6-3-7-13-24,25-14-8-4-9-15-25)26-16-10-5-11-17-26/h3-17,23,27-28H,18-22H2,1-2H3,(H,38,39)/t27?,28?,36-/m0/s1. The van der Waals surface area contributed by atoms with Gasteiger partial charge in [-0.1, -0.05) is 105 Å². The molecule has 3 aromatic rings. The van der Waals surface area contributed by atoms with Gasteiger partial charge in [-0.15, -0.1) is 0 Å². The van der Waals surface area contributed by atoms with Crippen molar-refractivity contribution in [2.24, 2.45) is 11.3 Å². The maximum Gasteiger partial charge on any atom is 0.326 e. The SMILES string of the molecule is CC(C)C(C(=O)O)N1CCC2(CN(C(=O)C3C[N@]3C(c3ccccc3)(c3ccccc3)c3ccccc3)C2)C1=O. The summed E-state index contributed by atoms with van der Waals surface area (Å²) >= 11 is 0. The third kappa shape index (κ3) is 4.03. The summed E-state index contributed by atoms with van der Waals surface area (Å²) in [7, 11) is 0. The first kappa shape index (κ1) is 26.3. The van der Waals surface area contributed by atoms with Gasteiger partial charge in [0.1, 0.15) is 12.1 Å². The molecule has 3 atom stereocenters. The van der Waals surface area contributed by atoms with Crippen LogP contribution in [0, 0.1) is 11.3 Å². The number of carboxylic acids is 1. The average Bonchev–Trinajstić information content (AvgIpc) is 3.67. The molecule has 206 valence electrons. The molecule has 0 aromatic heterocycles. The number of carbonyl (C=O) groups is 3. The summed E-state index contributed by atoms with van der Waals surface area (Å²) in [5.74, 6) is -1.25. The van der Waals surface area contributed by atoms with Gasteiger partial charge in [0, 0.05) is 26.2 Å². The molecule has 2 amide bonds. The van der Waals surface area contributed by atoms with Crippen molar-refractivity contribution < 1.29 is 19.5 Å². The lowest BCUT2D eigenvalue weighted by molar-refractivity contribution is -0.160. The van der Waals surface area contributed by atoms with E-state index in [9.17, 15) is 19.5 Å². The van der Waals surface area contributed by atoms with Gasteiger partial charge in [0.25, 0.3) is 0 Å². The van der Waals surface area contributed by atoms with Crippen LogP contribution in [0.2, 0.25) is 0 Å². The second-order valence-electron chi connectivity index (χ2n) is 11.7. The number of carboxylic acid groups (broad SMARTS) is 1. The maximum atomic E-state index is 13.9. The van der Waals surface area contributed by atoms with Gasteiger partial charge in [-0.3, -0.25) is 14.5 Å². The molecule has 0 radical (unpaired) electrons. The summed E-state index contributed by atoms with van der Waals surface area (Å²) in [5, 5.41) is 9.73. The van der Waals surface area contributed by atoms with Gasteiger partial charge < -0.3 is 14.9 Å². The summed E-state index contributed by atoms with van der Waals surface area (Å²) in [6, 6.07) is 29.8. The fourth-order valence-electron chi connectivity index (χ4n) is 6.99. The van der Waals surface area contributed by atoms with Crippen molar-refractivity contribution in [2.75, 3.05) is 26.2 Å². The molecular weight excluding hydrogens is 502 g/mol. The van der Waals surface area contributed by atoms with Gasteiger partial charge >= 0.3 is 5.97 Å². The molecule has 3 aliphatic heterocycles. The molecule has 6 rings (SSSR count). The molecule has 0 saturated carbocycles. The molecular formula is C33H35N3O4. The fraction of sp³-hybridized carbons (Fsp3) is 0.364. The van der Waals surface area contributed by atoms with Gasteiger partial charge in [-0.25, -0.2) is 4.79 Å². The molecule has 1 spiro atoms. The van der Waals surface area contributed by atoms with Crippen molar-refractivity contribution in [1.82, 2.24) is 14.7 Å². The molecule has 3 heterocycles. The second kappa shape index (κ2) is 9.89. The second-order valence-corrected chi connectivity index (χ2v) is 11.7. The Morgan fingerprint density at radius 2 is 1.32 bits per heavy atom. The lowest BCUT2D eigenvalue weighted by Gasteiger charge is -2.47. The van der Waals surface area contributed by atoms with Gasteiger partial charge in [0.2, 0.25) is 11.8 Å². The first-order valence-electron chi connectivity index (χ1n) is 14.1. The van der Waals surface area contributed by atoms with E-state index in [1.807, 2.05) is 68.4 Å². The van der Waals surface area contributed by atoms with Gasteiger partial charge in [-0.2, -0.15) is 0 Å². The summed E-state index contributed by atoms with van der Waals surface area (Å²) in [6.07, 6.45) is 0.586. The van der Waals surface area contributed by atoms with E-state index >= 15 is 0 Å². The molecule has 3 aromatic carbocycles. The van der Waals surface area contributed by atoms with Crippen LogP contribution in [0.4, 0.5) is 0 Å². The molecule has 3 saturated heterocycles. The van der Waals surface area contributed by atoms with E-state index in [2.05, 4.69) is 41.3 Å². The Morgan fingerprint density at radius 1 is 0.850 bits per heavy atom. The van der Waals surface area contributed by atoms with Crippen LogP contribution in [0.1, 0.15) is 37.0 Å². The van der Waals surface area contributed by atoms with Crippen molar-refractivity contribution in [3.63, 3.8) is 0 Å². The average molecular weight is 538 g/mol. The molecule has 3 fully saturated rings. The quantitative estimate of drug-likeness (QED) is 0.349.